The lowest BCUT2D eigenvalue weighted by atomic mass is 10.2. The maximum absolute atomic E-state index is 5.93. The summed E-state index contributed by atoms with van der Waals surface area (Å²) in [6.45, 7) is 1.61. The second kappa shape index (κ2) is 11.3. The van der Waals surface area contributed by atoms with E-state index >= 15 is 0 Å². The zero-order chi connectivity index (χ0) is 19.9. The molecule has 0 bridgehead atoms. The highest BCUT2D eigenvalue weighted by Gasteiger charge is 2.08. The van der Waals surface area contributed by atoms with Crippen LogP contribution in [0.3, 0.4) is 0 Å². The van der Waals surface area contributed by atoms with Gasteiger partial charge in [0.2, 0.25) is 5.16 Å². The van der Waals surface area contributed by atoms with Crippen molar-refractivity contribution in [1.29, 1.82) is 0 Å². The number of tetrazole rings is 1. The van der Waals surface area contributed by atoms with Gasteiger partial charge in [0.15, 0.2) is 0 Å². The number of nitrogens with one attached hydrogen (secondary N) is 1. The monoisotopic (exact) mass is 505 g/mol. The highest BCUT2D eigenvalue weighted by atomic mass is 79.9. The summed E-state index contributed by atoms with van der Waals surface area (Å²) in [5.74, 6) is 2.75. The third kappa shape index (κ3) is 5.95. The largest absolute Gasteiger partial charge is 0.460 e. The molecule has 0 saturated heterocycles. The first-order valence-corrected chi connectivity index (χ1v) is 11.1. The van der Waals surface area contributed by atoms with Crippen molar-refractivity contribution in [2.75, 3.05) is 12.3 Å². The summed E-state index contributed by atoms with van der Waals surface area (Å²) in [5, 5.41) is 16.2. The molecule has 0 fully saturated rings. The van der Waals surface area contributed by atoms with Gasteiger partial charge in [-0.05, 0) is 59.8 Å². The quantitative estimate of drug-likeness (QED) is 0.243. The van der Waals surface area contributed by atoms with E-state index in [1.165, 1.54) is 0 Å². The molecule has 0 amide bonds. The summed E-state index contributed by atoms with van der Waals surface area (Å²) in [4.78, 5) is 0. The Morgan fingerprint density at radius 3 is 2.60 bits per heavy atom. The Hall–Kier alpha value is -2.13. The van der Waals surface area contributed by atoms with Crippen LogP contribution in [0, 0.1) is 0 Å². The Labute approximate surface area is 194 Å². The third-order valence-electron chi connectivity index (χ3n) is 4.26. The summed E-state index contributed by atoms with van der Waals surface area (Å²) in [6.07, 6.45) is 1.01. The van der Waals surface area contributed by atoms with Gasteiger partial charge in [0.1, 0.15) is 11.5 Å². The molecule has 0 radical (unpaired) electrons. The predicted molar refractivity (Wildman–Crippen MR) is 125 cm³/mol. The maximum atomic E-state index is 5.93. The van der Waals surface area contributed by atoms with E-state index in [1.807, 2.05) is 66.7 Å². The van der Waals surface area contributed by atoms with Crippen LogP contribution in [0.4, 0.5) is 0 Å². The Bertz CT molecular complexity index is 1040. The van der Waals surface area contributed by atoms with Crippen molar-refractivity contribution in [1.82, 2.24) is 25.5 Å². The first-order valence-electron chi connectivity index (χ1n) is 9.31. The van der Waals surface area contributed by atoms with Crippen LogP contribution in [0.15, 0.2) is 80.8 Å². The van der Waals surface area contributed by atoms with Gasteiger partial charge in [-0.15, -0.1) is 17.5 Å². The van der Waals surface area contributed by atoms with Gasteiger partial charge in [0.05, 0.1) is 12.2 Å². The number of thioether (sulfide) groups is 1. The second-order valence-corrected chi connectivity index (χ2v) is 8.34. The van der Waals surface area contributed by atoms with Crippen LogP contribution >= 0.6 is 40.1 Å². The van der Waals surface area contributed by atoms with Crippen LogP contribution in [-0.4, -0.2) is 32.5 Å². The highest BCUT2D eigenvalue weighted by molar-refractivity contribution is 9.10. The lowest BCUT2D eigenvalue weighted by Crippen LogP contribution is -2.14. The number of hydrogen-bond donors (Lipinski definition) is 1. The molecule has 4 rings (SSSR count). The predicted octanol–water partition coefficient (Wildman–Crippen LogP) is 5.38. The minimum Gasteiger partial charge on any atom is -0.460 e. The topological polar surface area (TPSA) is 68.8 Å². The van der Waals surface area contributed by atoms with Crippen molar-refractivity contribution in [3.63, 3.8) is 0 Å². The molecule has 30 heavy (non-hydrogen) atoms. The zero-order valence-corrected chi connectivity index (χ0v) is 19.3. The molecule has 156 valence electrons. The smallest absolute Gasteiger partial charge is 0.214 e. The standard InChI is InChI=1S/C21H20BrN5OS.ClH/c22-17-9-7-16(8-10-17)20-12-11-19(28-20)15-23-13-4-14-29-21-24-25-26-27(21)18-5-2-1-3-6-18;/h1-3,5-12,23H,4,13-15H2;1H. The molecule has 2 heterocycles. The summed E-state index contributed by atoms with van der Waals surface area (Å²) in [6, 6.07) is 22.1. The number of hydrogen-bond acceptors (Lipinski definition) is 6. The SMILES string of the molecule is Brc1ccc(-c2ccc(CNCCCSc3nnnn3-c3ccccc3)o2)cc1.Cl. The first-order chi connectivity index (χ1) is 14.3. The fourth-order valence-corrected chi connectivity index (χ4v) is 3.91. The van der Waals surface area contributed by atoms with E-state index in [-0.39, 0.29) is 12.4 Å². The van der Waals surface area contributed by atoms with E-state index in [4.69, 9.17) is 4.42 Å². The summed E-state index contributed by atoms with van der Waals surface area (Å²) in [5.41, 5.74) is 2.05. The molecule has 6 nitrogen and oxygen atoms in total. The van der Waals surface area contributed by atoms with Gasteiger partial charge < -0.3 is 9.73 Å². The fraction of sp³-hybridized carbons (Fsp3) is 0.190. The van der Waals surface area contributed by atoms with Crippen molar-refractivity contribution < 1.29 is 4.42 Å². The van der Waals surface area contributed by atoms with E-state index in [0.29, 0.717) is 6.54 Å². The molecular formula is C21H21BrClN5OS. The number of para-hydroxylation sites is 1. The van der Waals surface area contributed by atoms with Crippen LogP contribution in [0.25, 0.3) is 17.0 Å². The number of furan rings is 1. The van der Waals surface area contributed by atoms with Crippen LogP contribution in [-0.2, 0) is 6.54 Å². The molecule has 0 aliphatic rings. The summed E-state index contributed by atoms with van der Waals surface area (Å²) >= 11 is 5.11. The molecule has 0 aliphatic carbocycles. The van der Waals surface area contributed by atoms with Crippen molar-refractivity contribution in [3.05, 3.63) is 77.0 Å². The van der Waals surface area contributed by atoms with Crippen LogP contribution in [0.2, 0.25) is 0 Å². The Kier molecular flexibility index (Phi) is 8.50. The summed E-state index contributed by atoms with van der Waals surface area (Å²) < 4.78 is 8.76. The van der Waals surface area contributed by atoms with Crippen LogP contribution in [0.1, 0.15) is 12.2 Å². The second-order valence-electron chi connectivity index (χ2n) is 6.36. The molecule has 4 aromatic rings. The molecule has 0 unspecified atom stereocenters. The minimum absolute atomic E-state index is 0. The lowest BCUT2D eigenvalue weighted by Gasteiger charge is -2.05. The van der Waals surface area contributed by atoms with Crippen molar-refractivity contribution in [2.45, 2.75) is 18.1 Å². The molecule has 1 N–H and O–H groups in total. The maximum Gasteiger partial charge on any atom is 0.214 e. The van der Waals surface area contributed by atoms with Gasteiger partial charge >= 0.3 is 0 Å². The third-order valence-corrected chi connectivity index (χ3v) is 5.79. The van der Waals surface area contributed by atoms with Gasteiger partial charge in [-0.1, -0.05) is 58.0 Å². The van der Waals surface area contributed by atoms with Gasteiger partial charge in [0, 0.05) is 15.8 Å². The number of halogens is 2. The van der Waals surface area contributed by atoms with Gasteiger partial charge in [-0.2, -0.15) is 4.68 Å². The Balaban J connectivity index is 0.00000256. The minimum atomic E-state index is 0. The Morgan fingerprint density at radius 2 is 1.80 bits per heavy atom. The number of benzene rings is 2. The number of aromatic nitrogens is 4. The van der Waals surface area contributed by atoms with Gasteiger partial charge in [-0.3, -0.25) is 0 Å². The van der Waals surface area contributed by atoms with E-state index in [1.54, 1.807) is 16.4 Å². The fourth-order valence-electron chi connectivity index (χ4n) is 2.81. The average molecular weight is 507 g/mol. The van der Waals surface area contributed by atoms with Crippen molar-refractivity contribution in [2.24, 2.45) is 0 Å². The Morgan fingerprint density at radius 1 is 1.00 bits per heavy atom. The molecule has 0 spiro atoms. The van der Waals surface area contributed by atoms with E-state index in [2.05, 4.69) is 36.8 Å². The van der Waals surface area contributed by atoms with Crippen LogP contribution < -0.4 is 5.32 Å². The van der Waals surface area contributed by atoms with Gasteiger partial charge in [0.25, 0.3) is 0 Å². The normalized spacial score (nSPS) is 10.7. The summed E-state index contributed by atoms with van der Waals surface area (Å²) in [7, 11) is 0. The van der Waals surface area contributed by atoms with Crippen molar-refractivity contribution >= 4 is 40.1 Å². The average Bonchev–Trinajstić information content (AvgIpc) is 3.41. The molecule has 2 aromatic heterocycles. The number of nitrogens with zero attached hydrogens (tertiary/aromatic N) is 4. The molecule has 0 aliphatic heterocycles. The molecule has 2 aromatic carbocycles. The molecule has 0 atom stereocenters. The molecule has 0 saturated carbocycles. The van der Waals surface area contributed by atoms with Gasteiger partial charge in [-0.25, -0.2) is 0 Å². The first kappa shape index (κ1) is 22.6. The molecular weight excluding hydrogens is 486 g/mol. The lowest BCUT2D eigenvalue weighted by molar-refractivity contribution is 0.494. The van der Waals surface area contributed by atoms with Crippen LogP contribution in [0.5, 0.6) is 0 Å². The zero-order valence-electron chi connectivity index (χ0n) is 16.1. The van der Waals surface area contributed by atoms with E-state index in [9.17, 15) is 0 Å². The van der Waals surface area contributed by atoms with E-state index < -0.39 is 0 Å². The van der Waals surface area contributed by atoms with Crippen molar-refractivity contribution in [3.8, 4) is 17.0 Å². The number of rotatable bonds is 9. The molecule has 9 heteroatoms. The van der Waals surface area contributed by atoms with E-state index in [0.717, 1.165) is 51.1 Å². The highest BCUT2D eigenvalue weighted by Crippen LogP contribution is 2.24.